The van der Waals surface area contributed by atoms with Gasteiger partial charge in [-0.2, -0.15) is 0 Å². The lowest BCUT2D eigenvalue weighted by molar-refractivity contribution is -0.142. The lowest BCUT2D eigenvalue weighted by atomic mass is 10.1. The Morgan fingerprint density at radius 2 is 2.19 bits per heavy atom. The molecule has 1 aromatic heterocycles. The smallest absolute Gasteiger partial charge is 0.247 e. The molecule has 7 heteroatoms. The van der Waals surface area contributed by atoms with Crippen molar-refractivity contribution in [1.82, 2.24) is 25.1 Å². The normalized spacial score (nSPS) is 20.2. The molecule has 110 valence electrons. The first kappa shape index (κ1) is 13.7. The Balaban J connectivity index is 1.70. The van der Waals surface area contributed by atoms with E-state index in [-0.39, 0.29) is 12.0 Å². The van der Waals surface area contributed by atoms with Crippen LogP contribution in [0.3, 0.4) is 0 Å². The number of carbonyl (C=O) groups excluding carboxylic acids is 1. The maximum atomic E-state index is 12.5. The second-order valence-corrected chi connectivity index (χ2v) is 5.02. The third-order valence-electron chi connectivity index (χ3n) is 3.67. The monoisotopic (exact) mass is 287 g/mol. The van der Waals surface area contributed by atoms with Gasteiger partial charge in [0.05, 0.1) is 13.2 Å². The minimum absolute atomic E-state index is 0.00605. The summed E-state index contributed by atoms with van der Waals surface area (Å²) >= 11 is 0. The van der Waals surface area contributed by atoms with Gasteiger partial charge in [0.2, 0.25) is 5.91 Å². The number of morpholine rings is 1. The van der Waals surface area contributed by atoms with E-state index >= 15 is 0 Å². The molecule has 1 aromatic carbocycles. The number of amides is 1. The molecule has 0 radical (unpaired) electrons. The Hall–Kier alpha value is -2.28. The maximum absolute atomic E-state index is 12.5. The number of benzene rings is 1. The summed E-state index contributed by atoms with van der Waals surface area (Å²) in [5, 5.41) is 10.9. The fraction of sp³-hybridized carbons (Fsp3) is 0.429. The number of aromatic nitrogens is 4. The molecule has 0 aliphatic carbocycles. The van der Waals surface area contributed by atoms with Gasteiger partial charge in [-0.15, -0.1) is 5.10 Å². The van der Waals surface area contributed by atoms with Gasteiger partial charge < -0.3 is 9.64 Å². The number of ether oxygens (including phenoxy) is 1. The highest BCUT2D eigenvalue weighted by Crippen LogP contribution is 2.23. The van der Waals surface area contributed by atoms with Crippen molar-refractivity contribution in [2.75, 3.05) is 19.7 Å². The fourth-order valence-corrected chi connectivity index (χ4v) is 2.44. The van der Waals surface area contributed by atoms with Crippen LogP contribution in [0, 0.1) is 0 Å². The van der Waals surface area contributed by atoms with E-state index < -0.39 is 6.04 Å². The quantitative estimate of drug-likeness (QED) is 0.836. The Bertz CT molecular complexity index is 587. The Morgan fingerprint density at radius 1 is 1.38 bits per heavy atom. The zero-order valence-corrected chi connectivity index (χ0v) is 11.8. The number of rotatable bonds is 3. The number of tetrazole rings is 1. The summed E-state index contributed by atoms with van der Waals surface area (Å²) in [5.41, 5.74) is 1.09. The van der Waals surface area contributed by atoms with E-state index in [9.17, 15) is 4.79 Å². The van der Waals surface area contributed by atoms with Crippen LogP contribution in [-0.2, 0) is 9.53 Å². The molecule has 2 aromatic rings. The van der Waals surface area contributed by atoms with E-state index in [1.54, 1.807) is 6.92 Å². The second-order valence-electron chi connectivity index (χ2n) is 5.02. The SMILES string of the molecule is CC(C(=O)N1CCOC(c2ccccc2)C1)n1cnnn1. The summed E-state index contributed by atoms with van der Waals surface area (Å²) in [5.74, 6) is 0.00605. The van der Waals surface area contributed by atoms with E-state index in [1.807, 2.05) is 35.2 Å². The summed E-state index contributed by atoms with van der Waals surface area (Å²) in [4.78, 5) is 14.3. The minimum Gasteiger partial charge on any atom is -0.370 e. The Morgan fingerprint density at radius 3 is 2.90 bits per heavy atom. The standard InChI is InChI=1S/C14H17N5O2/c1-11(19-10-15-16-17-19)14(20)18-7-8-21-13(9-18)12-5-3-2-4-6-12/h2-6,10-11,13H,7-9H2,1H3. The summed E-state index contributed by atoms with van der Waals surface area (Å²) in [6.45, 7) is 3.48. The van der Waals surface area contributed by atoms with Gasteiger partial charge in [-0.3, -0.25) is 4.79 Å². The van der Waals surface area contributed by atoms with Crippen molar-refractivity contribution in [3.05, 3.63) is 42.2 Å². The van der Waals surface area contributed by atoms with Crippen LogP contribution in [0.15, 0.2) is 36.7 Å². The molecular formula is C14H17N5O2. The molecule has 0 bridgehead atoms. The highest BCUT2D eigenvalue weighted by atomic mass is 16.5. The van der Waals surface area contributed by atoms with Crippen LogP contribution in [0.4, 0.5) is 0 Å². The summed E-state index contributed by atoms with van der Waals surface area (Å²) < 4.78 is 7.24. The molecule has 3 rings (SSSR count). The van der Waals surface area contributed by atoms with E-state index in [1.165, 1.54) is 11.0 Å². The molecule has 2 unspecified atom stereocenters. The topological polar surface area (TPSA) is 73.1 Å². The largest absolute Gasteiger partial charge is 0.370 e. The third kappa shape index (κ3) is 2.92. The highest BCUT2D eigenvalue weighted by Gasteiger charge is 2.29. The average Bonchev–Trinajstić information content (AvgIpc) is 3.09. The highest BCUT2D eigenvalue weighted by molar-refractivity contribution is 5.80. The predicted octanol–water partition coefficient (Wildman–Crippen LogP) is 0.834. The second kappa shape index (κ2) is 6.01. The molecule has 1 aliphatic rings. The predicted molar refractivity (Wildman–Crippen MR) is 74.2 cm³/mol. The molecule has 1 fully saturated rings. The van der Waals surface area contributed by atoms with E-state index in [0.29, 0.717) is 19.7 Å². The zero-order valence-electron chi connectivity index (χ0n) is 11.8. The van der Waals surface area contributed by atoms with Gasteiger partial charge in [0, 0.05) is 6.54 Å². The van der Waals surface area contributed by atoms with Gasteiger partial charge in [-0.05, 0) is 22.9 Å². The Labute approximate surface area is 122 Å². The number of carbonyl (C=O) groups is 1. The van der Waals surface area contributed by atoms with Crippen molar-refractivity contribution >= 4 is 5.91 Å². The van der Waals surface area contributed by atoms with Crippen molar-refractivity contribution in [1.29, 1.82) is 0 Å². The van der Waals surface area contributed by atoms with E-state index in [0.717, 1.165) is 5.56 Å². The Kier molecular flexibility index (Phi) is 3.92. The molecule has 2 heterocycles. The van der Waals surface area contributed by atoms with Crippen LogP contribution in [0.1, 0.15) is 24.6 Å². The summed E-state index contributed by atoms with van der Waals surface area (Å²) in [7, 11) is 0. The minimum atomic E-state index is -0.408. The van der Waals surface area contributed by atoms with Crippen LogP contribution in [0.25, 0.3) is 0 Å². The van der Waals surface area contributed by atoms with Crippen molar-refractivity contribution in [3.63, 3.8) is 0 Å². The molecule has 0 N–H and O–H groups in total. The number of hydrogen-bond acceptors (Lipinski definition) is 5. The first-order valence-electron chi connectivity index (χ1n) is 6.93. The van der Waals surface area contributed by atoms with Crippen LogP contribution in [0.2, 0.25) is 0 Å². The van der Waals surface area contributed by atoms with Crippen molar-refractivity contribution in [2.24, 2.45) is 0 Å². The van der Waals surface area contributed by atoms with Crippen LogP contribution >= 0.6 is 0 Å². The first-order valence-corrected chi connectivity index (χ1v) is 6.93. The molecule has 0 saturated carbocycles. The van der Waals surface area contributed by atoms with Gasteiger partial charge in [-0.1, -0.05) is 30.3 Å². The molecule has 2 atom stereocenters. The number of nitrogens with zero attached hydrogens (tertiary/aromatic N) is 5. The van der Waals surface area contributed by atoms with E-state index in [2.05, 4.69) is 15.5 Å². The van der Waals surface area contributed by atoms with Gasteiger partial charge in [0.15, 0.2) is 0 Å². The summed E-state index contributed by atoms with van der Waals surface area (Å²) in [6, 6.07) is 9.54. The fourth-order valence-electron chi connectivity index (χ4n) is 2.44. The molecule has 7 nitrogen and oxygen atoms in total. The lowest BCUT2D eigenvalue weighted by Gasteiger charge is -2.34. The van der Waals surface area contributed by atoms with Crippen LogP contribution in [-0.4, -0.2) is 50.7 Å². The van der Waals surface area contributed by atoms with E-state index in [4.69, 9.17) is 4.74 Å². The average molecular weight is 287 g/mol. The lowest BCUT2D eigenvalue weighted by Crippen LogP contribution is -2.45. The van der Waals surface area contributed by atoms with Gasteiger partial charge >= 0.3 is 0 Å². The van der Waals surface area contributed by atoms with Crippen LogP contribution < -0.4 is 0 Å². The van der Waals surface area contributed by atoms with Crippen molar-refractivity contribution in [3.8, 4) is 0 Å². The van der Waals surface area contributed by atoms with Crippen LogP contribution in [0.5, 0.6) is 0 Å². The molecular weight excluding hydrogens is 270 g/mol. The van der Waals surface area contributed by atoms with Gasteiger partial charge in [-0.25, -0.2) is 4.68 Å². The third-order valence-corrected chi connectivity index (χ3v) is 3.67. The summed E-state index contributed by atoms with van der Waals surface area (Å²) in [6.07, 6.45) is 1.38. The number of hydrogen-bond donors (Lipinski definition) is 0. The van der Waals surface area contributed by atoms with Gasteiger partial charge in [0.1, 0.15) is 18.5 Å². The molecule has 1 amide bonds. The van der Waals surface area contributed by atoms with Crippen molar-refractivity contribution < 1.29 is 9.53 Å². The molecule has 21 heavy (non-hydrogen) atoms. The first-order chi connectivity index (χ1) is 10.3. The zero-order chi connectivity index (χ0) is 14.7. The van der Waals surface area contributed by atoms with Gasteiger partial charge in [0.25, 0.3) is 0 Å². The van der Waals surface area contributed by atoms with Crippen molar-refractivity contribution in [2.45, 2.75) is 19.1 Å². The molecule has 1 aliphatic heterocycles. The molecule has 0 spiro atoms. The molecule has 1 saturated heterocycles. The maximum Gasteiger partial charge on any atom is 0.247 e.